The second kappa shape index (κ2) is 37.6. The monoisotopic (exact) mass is 1330 g/mol. The summed E-state index contributed by atoms with van der Waals surface area (Å²) in [5.74, 6) is 0.815. The predicted molar refractivity (Wildman–Crippen MR) is 378 cm³/mol. The molecule has 6 N–H and O–H groups in total. The molecule has 1 saturated heterocycles. The minimum absolute atomic E-state index is 0.0641. The second-order valence-electron chi connectivity index (χ2n) is 29.2. The Labute approximate surface area is 573 Å². The number of allylic oxidation sites excluding steroid dienone is 2. The van der Waals surface area contributed by atoms with Crippen molar-refractivity contribution in [1.29, 1.82) is 0 Å². The number of likely N-dealkylation sites (tertiary alicyclic amines) is 1. The van der Waals surface area contributed by atoms with Gasteiger partial charge in [0.15, 0.2) is 11.6 Å². The average molecular weight is 1330 g/mol. The van der Waals surface area contributed by atoms with Crippen molar-refractivity contribution in [3.8, 4) is 5.75 Å². The molecule has 14 nitrogen and oxygen atoms in total. The van der Waals surface area contributed by atoms with E-state index in [1.807, 2.05) is 22.7 Å². The number of fused-ring (bicyclic) bond motifs is 3. The van der Waals surface area contributed by atoms with Crippen molar-refractivity contribution in [2.75, 3.05) is 52.3 Å². The summed E-state index contributed by atoms with van der Waals surface area (Å²) in [4.78, 5) is 71.3. The summed E-state index contributed by atoms with van der Waals surface area (Å²) in [5.41, 5.74) is -2.64. The van der Waals surface area contributed by atoms with Crippen LogP contribution in [0.1, 0.15) is 230 Å². The lowest BCUT2D eigenvalue weighted by molar-refractivity contribution is -0.169. The zero-order valence-corrected chi connectivity index (χ0v) is 58.9. The third kappa shape index (κ3) is 18.8. The molecule has 8 aliphatic rings. The third-order valence-corrected chi connectivity index (χ3v) is 23.9. The van der Waals surface area contributed by atoms with Crippen LogP contribution >= 0.6 is 11.8 Å². The van der Waals surface area contributed by atoms with Gasteiger partial charge in [-0.2, -0.15) is 0 Å². The van der Waals surface area contributed by atoms with Gasteiger partial charge in [0.05, 0.1) is 31.2 Å². The van der Waals surface area contributed by atoms with Crippen molar-refractivity contribution >= 4 is 40.8 Å². The number of amides is 1. The largest absolute Gasteiger partial charge is 0.497 e. The Morgan fingerprint density at radius 2 is 1.08 bits per heavy atom. The van der Waals surface area contributed by atoms with Crippen LogP contribution in [-0.2, 0) is 36.9 Å². The minimum atomic E-state index is -1.77. The molecule has 2 spiro atoms. The van der Waals surface area contributed by atoms with Gasteiger partial charge in [0.25, 0.3) is 0 Å². The zero-order chi connectivity index (χ0) is 67.9. The Bertz CT molecular complexity index is 2920. The summed E-state index contributed by atoms with van der Waals surface area (Å²) in [6.45, 7) is 8.23. The maximum Gasteiger partial charge on any atom is 0.224 e. The Morgan fingerprint density at radius 1 is 0.600 bits per heavy atom. The lowest BCUT2D eigenvalue weighted by atomic mass is 9.61. The summed E-state index contributed by atoms with van der Waals surface area (Å²) in [6, 6.07) is 17.0. The Balaban J connectivity index is 0.000000183. The molecule has 6 aliphatic carbocycles. The quantitative estimate of drug-likeness (QED) is 0.0305. The summed E-state index contributed by atoms with van der Waals surface area (Å²) >= 11 is 1.84. The van der Waals surface area contributed by atoms with Gasteiger partial charge in [-0.15, -0.1) is 11.8 Å². The predicted octanol–water partition coefficient (Wildman–Crippen LogP) is 13.7. The number of hydrogen-bond donors (Lipinski definition) is 6. The summed E-state index contributed by atoms with van der Waals surface area (Å²) in [7, 11) is 1.69. The molecule has 2 aliphatic heterocycles. The molecule has 0 aromatic heterocycles. The van der Waals surface area contributed by atoms with E-state index in [1.165, 1.54) is 106 Å². The van der Waals surface area contributed by atoms with Gasteiger partial charge >= 0.3 is 0 Å². The molecule has 2 heterocycles. The maximum absolute atomic E-state index is 13.5. The first-order chi connectivity index (χ1) is 46.0. The number of hydrogen-bond acceptors (Lipinski definition) is 14. The lowest BCUT2D eigenvalue weighted by Gasteiger charge is -2.46. The van der Waals surface area contributed by atoms with E-state index in [0.29, 0.717) is 62.6 Å². The number of Topliss-reactive ketones (excluding diaryl/α,β-unsaturated/α-hetero) is 4. The molecule has 15 heteroatoms. The number of methoxy groups -OCH3 is 1. The van der Waals surface area contributed by atoms with Crippen molar-refractivity contribution in [2.45, 2.75) is 261 Å². The van der Waals surface area contributed by atoms with Gasteiger partial charge < -0.3 is 45.2 Å². The first-order valence-corrected chi connectivity index (χ1v) is 38.3. The fraction of sp³-hybridized carbons (Fsp3) is 0.688. The smallest absolute Gasteiger partial charge is 0.224 e. The van der Waals surface area contributed by atoms with Crippen LogP contribution < -0.4 is 4.74 Å². The van der Waals surface area contributed by atoms with Gasteiger partial charge in [-0.3, -0.25) is 24.0 Å². The molecule has 2 aromatic rings. The maximum atomic E-state index is 13.5. The van der Waals surface area contributed by atoms with Crippen molar-refractivity contribution in [2.24, 2.45) is 40.4 Å². The number of piperidine rings is 1. The summed E-state index contributed by atoms with van der Waals surface area (Å²) in [5, 5.41) is 65.9. The standard InChI is InChI=1S/C30H48O5.C25H32N2O2S.C25H38O5/c1-2-3-4-5-6-7-8-9-10-11-12-16-26(32)21-25-17-19-29-18-14-13-15-23(27(29)33)20-24(22-31)28(34)30(25,29)35;1-29-23-7-8-24-22(18-23)19-27(15-16-30-24)25(28)11-14-26-12-9-21(10-13-26)17-20-5-3-2-4-6-20;1-2-3-4-5-6-7-11-21(27)16-20-12-14-24-13-9-8-10-18(22(24)28)15-19(17-26)23(29)25(20,24)30/h17,19-20,23,25,28,31,34-35H,2-16,18,21-22H2,1H3;2-8,18,21H,9-17,19H2,1H3;12,14-15,18,20,23,26,29-30H,2-11,13,16-17H2,1H3/t23-,25-,28-,29-,30-;;18-,20-,23-,24-,25-/m1.1/s1. The number of carbonyl (C=O) groups excluding carboxylic acids is 5. The highest BCUT2D eigenvalue weighted by molar-refractivity contribution is 7.99. The molecule has 3 fully saturated rings. The topological polar surface area (TPSA) is 222 Å². The number of thioether (sulfide) groups is 1. The van der Waals surface area contributed by atoms with Crippen LogP contribution in [-0.4, -0.2) is 145 Å². The number of rotatable bonds is 31. The molecule has 1 amide bonds. The van der Waals surface area contributed by atoms with E-state index in [-0.39, 0.29) is 41.9 Å². The Hall–Kier alpha value is -4.58. The Kier molecular flexibility index (Phi) is 30.1. The summed E-state index contributed by atoms with van der Waals surface area (Å²) in [6.07, 6.45) is 39.0. The van der Waals surface area contributed by atoms with Gasteiger partial charge in [0, 0.05) is 86.1 Å². The second-order valence-corrected chi connectivity index (χ2v) is 30.3. The highest BCUT2D eigenvalue weighted by Crippen LogP contribution is 2.59. The van der Waals surface area contributed by atoms with E-state index < -0.39 is 71.1 Å². The number of carbonyl (C=O) groups is 5. The first-order valence-electron chi connectivity index (χ1n) is 37.3. The molecule has 2 saturated carbocycles. The van der Waals surface area contributed by atoms with Crippen LogP contribution in [0.3, 0.4) is 0 Å². The Morgan fingerprint density at radius 3 is 1.56 bits per heavy atom. The van der Waals surface area contributed by atoms with Gasteiger partial charge in [-0.1, -0.05) is 203 Å². The van der Waals surface area contributed by atoms with Crippen molar-refractivity contribution in [3.63, 3.8) is 0 Å². The number of aliphatic hydroxyl groups is 6. The first kappa shape index (κ1) is 76.2. The normalized spacial score (nSPS) is 28.7. The molecular formula is C80H118N2O12S. The van der Waals surface area contributed by atoms with E-state index in [0.717, 1.165) is 108 Å². The SMILES string of the molecule is CCCCCCCCC(=O)C[C@H]1C=C[C@@]23CCCC[C@H](C=C(CO)[C@@H](O)[C@]12O)C3=O.CCCCCCCCCCCCCC(=O)C[C@H]1C=C[C@@]23CCCC[C@H](C=C(CO)[C@@H](O)[C@]12O)C3=O.COc1ccc2c(c1)CN(C(=O)CCN1CCC(Cc3ccccc3)CC1)CCS2. The number of ether oxygens (including phenoxy) is 1. The molecule has 526 valence electrons. The highest BCUT2D eigenvalue weighted by atomic mass is 32.2. The molecule has 0 radical (unpaired) electrons. The van der Waals surface area contributed by atoms with Crippen molar-refractivity contribution < 1.29 is 59.3 Å². The fourth-order valence-corrected chi connectivity index (χ4v) is 18.1. The number of nitrogens with zero attached hydrogens (tertiary/aromatic N) is 2. The highest BCUT2D eigenvalue weighted by Gasteiger charge is 2.68. The lowest BCUT2D eigenvalue weighted by Crippen LogP contribution is -2.60. The van der Waals surface area contributed by atoms with Gasteiger partial charge in [0.2, 0.25) is 5.91 Å². The number of ketones is 4. The summed E-state index contributed by atoms with van der Waals surface area (Å²) < 4.78 is 5.37. The number of unbranched alkanes of at least 4 members (excludes halogenated alkanes) is 15. The molecule has 0 unspecified atom stereocenters. The van der Waals surface area contributed by atoms with Gasteiger partial charge in [0.1, 0.15) is 40.7 Å². The van der Waals surface area contributed by atoms with Crippen LogP contribution in [0.15, 0.2) is 101 Å². The fourth-order valence-electron chi connectivity index (χ4n) is 17.1. The van der Waals surface area contributed by atoms with E-state index in [1.54, 1.807) is 43.6 Å². The van der Waals surface area contributed by atoms with Crippen molar-refractivity contribution in [1.82, 2.24) is 9.80 Å². The average Bonchev–Trinajstić information content (AvgIpc) is 1.57. The van der Waals surface area contributed by atoms with Crippen LogP contribution in [0.2, 0.25) is 0 Å². The van der Waals surface area contributed by atoms with Crippen LogP contribution in [0.25, 0.3) is 0 Å². The van der Waals surface area contributed by atoms with Crippen molar-refractivity contribution in [3.05, 3.63) is 107 Å². The van der Waals surface area contributed by atoms with Crippen LogP contribution in [0.5, 0.6) is 5.75 Å². The minimum Gasteiger partial charge on any atom is -0.497 e. The molecule has 4 bridgehead atoms. The molecular weight excluding hydrogens is 1210 g/mol. The molecule has 95 heavy (non-hydrogen) atoms. The number of aliphatic hydroxyl groups excluding tert-OH is 4. The van der Waals surface area contributed by atoms with E-state index in [2.05, 4.69) is 61.2 Å². The van der Waals surface area contributed by atoms with E-state index in [4.69, 9.17) is 4.74 Å². The molecule has 10 atom stereocenters. The van der Waals surface area contributed by atoms with Gasteiger partial charge in [-0.25, -0.2) is 0 Å². The molecule has 10 rings (SSSR count). The van der Waals surface area contributed by atoms with Gasteiger partial charge in [-0.05, 0) is 117 Å². The van der Waals surface area contributed by atoms with E-state index >= 15 is 0 Å². The number of benzene rings is 2. The molecule has 2 aromatic carbocycles. The zero-order valence-electron chi connectivity index (χ0n) is 58.1. The van der Waals surface area contributed by atoms with E-state index in [9.17, 15) is 54.6 Å². The van der Waals surface area contributed by atoms with Crippen LogP contribution in [0, 0.1) is 40.4 Å². The van der Waals surface area contributed by atoms with Crippen LogP contribution in [0.4, 0.5) is 0 Å². The third-order valence-electron chi connectivity index (χ3n) is 22.8.